The van der Waals surface area contributed by atoms with Crippen molar-refractivity contribution in [2.75, 3.05) is 19.6 Å². The van der Waals surface area contributed by atoms with Crippen LogP contribution in [-0.4, -0.2) is 37.1 Å². The number of nitrogens with one attached hydrogen (secondary N) is 2. The number of rotatable bonds is 7. The summed E-state index contributed by atoms with van der Waals surface area (Å²) < 4.78 is 5.23. The van der Waals surface area contributed by atoms with E-state index in [0.29, 0.717) is 25.3 Å². The topological polar surface area (TPSA) is 67.4 Å². The minimum absolute atomic E-state index is 0.138. The van der Waals surface area contributed by atoms with Crippen LogP contribution in [-0.2, 0) is 14.3 Å². The Bertz CT molecular complexity index is 331. The van der Waals surface area contributed by atoms with Crippen molar-refractivity contribution in [2.24, 2.45) is 5.92 Å². The molecule has 0 aliphatic carbocycles. The summed E-state index contributed by atoms with van der Waals surface area (Å²) in [6.45, 7) is 8.29. The van der Waals surface area contributed by atoms with Crippen molar-refractivity contribution < 1.29 is 14.3 Å². The molecule has 1 saturated heterocycles. The van der Waals surface area contributed by atoms with E-state index in [1.165, 1.54) is 0 Å². The monoisotopic (exact) mass is 298 g/mol. The quantitative estimate of drug-likeness (QED) is 0.557. The zero-order valence-corrected chi connectivity index (χ0v) is 13.7. The number of hydrogen-bond donors (Lipinski definition) is 2. The van der Waals surface area contributed by atoms with Crippen LogP contribution in [0, 0.1) is 5.92 Å². The Balaban J connectivity index is 2.00. The Morgan fingerprint density at radius 1 is 1.19 bits per heavy atom. The zero-order chi connectivity index (χ0) is 15.7. The molecule has 1 amide bonds. The maximum Gasteiger partial charge on any atom is 0.306 e. The molecule has 1 fully saturated rings. The zero-order valence-electron chi connectivity index (χ0n) is 13.7. The standard InChI is InChI=1S/C16H30N2O3/c1-16(2,3)21-15(20)6-4-5-9-18-14(19)12-13-7-10-17-11-8-13/h13,17H,4-12H2,1-3H3,(H,18,19). The molecular formula is C16H30N2O3. The van der Waals surface area contributed by atoms with Gasteiger partial charge < -0.3 is 15.4 Å². The van der Waals surface area contributed by atoms with Crippen molar-refractivity contribution in [1.29, 1.82) is 0 Å². The Labute approximate surface area is 128 Å². The second-order valence-corrected chi connectivity index (χ2v) is 6.79. The average Bonchev–Trinajstić information content (AvgIpc) is 2.37. The van der Waals surface area contributed by atoms with Gasteiger partial charge in [-0.25, -0.2) is 0 Å². The van der Waals surface area contributed by atoms with Gasteiger partial charge in [-0.05, 0) is 65.5 Å². The fraction of sp³-hybridized carbons (Fsp3) is 0.875. The number of hydrogen-bond acceptors (Lipinski definition) is 4. The van der Waals surface area contributed by atoms with Gasteiger partial charge in [0.1, 0.15) is 5.60 Å². The number of carbonyl (C=O) groups is 2. The third-order valence-corrected chi connectivity index (χ3v) is 3.48. The summed E-state index contributed by atoms with van der Waals surface area (Å²) in [4.78, 5) is 23.3. The highest BCUT2D eigenvalue weighted by atomic mass is 16.6. The van der Waals surface area contributed by atoms with E-state index in [1.807, 2.05) is 20.8 Å². The molecule has 0 saturated carbocycles. The van der Waals surface area contributed by atoms with E-state index in [-0.39, 0.29) is 11.9 Å². The van der Waals surface area contributed by atoms with Gasteiger partial charge >= 0.3 is 5.97 Å². The summed E-state index contributed by atoms with van der Waals surface area (Å²) >= 11 is 0. The lowest BCUT2D eigenvalue weighted by atomic mass is 9.94. The van der Waals surface area contributed by atoms with Gasteiger partial charge in [-0.1, -0.05) is 0 Å². The maximum absolute atomic E-state index is 11.8. The number of ether oxygens (including phenoxy) is 1. The molecule has 1 aliphatic heterocycles. The predicted molar refractivity (Wildman–Crippen MR) is 82.9 cm³/mol. The van der Waals surface area contributed by atoms with Crippen LogP contribution in [0.4, 0.5) is 0 Å². The van der Waals surface area contributed by atoms with E-state index in [9.17, 15) is 9.59 Å². The van der Waals surface area contributed by atoms with Gasteiger partial charge in [0, 0.05) is 19.4 Å². The molecule has 5 nitrogen and oxygen atoms in total. The second kappa shape index (κ2) is 9.03. The first-order valence-corrected chi connectivity index (χ1v) is 8.06. The number of unbranched alkanes of at least 4 members (excludes halogenated alkanes) is 1. The van der Waals surface area contributed by atoms with Crippen LogP contribution < -0.4 is 10.6 Å². The lowest BCUT2D eigenvalue weighted by molar-refractivity contribution is -0.154. The van der Waals surface area contributed by atoms with Crippen LogP contribution in [0.15, 0.2) is 0 Å². The third kappa shape index (κ3) is 9.45. The van der Waals surface area contributed by atoms with Crippen LogP contribution in [0.25, 0.3) is 0 Å². The molecule has 0 aromatic heterocycles. The molecule has 1 aliphatic rings. The molecular weight excluding hydrogens is 268 g/mol. The second-order valence-electron chi connectivity index (χ2n) is 6.79. The maximum atomic E-state index is 11.8. The third-order valence-electron chi connectivity index (χ3n) is 3.48. The Morgan fingerprint density at radius 2 is 1.86 bits per heavy atom. The number of amides is 1. The van der Waals surface area contributed by atoms with Crippen LogP contribution in [0.3, 0.4) is 0 Å². The van der Waals surface area contributed by atoms with Crippen molar-refractivity contribution >= 4 is 11.9 Å². The molecule has 0 unspecified atom stereocenters. The lowest BCUT2D eigenvalue weighted by Gasteiger charge is -2.21. The summed E-state index contributed by atoms with van der Waals surface area (Å²) in [5.41, 5.74) is -0.417. The van der Waals surface area contributed by atoms with E-state index in [1.54, 1.807) is 0 Å². The van der Waals surface area contributed by atoms with E-state index < -0.39 is 5.60 Å². The highest BCUT2D eigenvalue weighted by Gasteiger charge is 2.17. The highest BCUT2D eigenvalue weighted by molar-refractivity contribution is 5.76. The summed E-state index contributed by atoms with van der Waals surface area (Å²) in [6.07, 6.45) is 4.80. The Kier molecular flexibility index (Phi) is 7.72. The molecule has 0 aromatic rings. The van der Waals surface area contributed by atoms with E-state index >= 15 is 0 Å². The first-order chi connectivity index (χ1) is 9.87. The molecule has 0 bridgehead atoms. The first kappa shape index (κ1) is 18.0. The minimum Gasteiger partial charge on any atom is -0.460 e. The normalized spacial score (nSPS) is 16.5. The molecule has 0 aromatic carbocycles. The summed E-state index contributed by atoms with van der Waals surface area (Å²) in [5.74, 6) is 0.496. The lowest BCUT2D eigenvalue weighted by Crippen LogP contribution is -2.32. The smallest absolute Gasteiger partial charge is 0.306 e. The average molecular weight is 298 g/mol. The van der Waals surface area contributed by atoms with Crippen molar-refractivity contribution in [3.63, 3.8) is 0 Å². The van der Waals surface area contributed by atoms with Crippen LogP contribution >= 0.6 is 0 Å². The Morgan fingerprint density at radius 3 is 2.48 bits per heavy atom. The van der Waals surface area contributed by atoms with Gasteiger partial charge in [-0.3, -0.25) is 9.59 Å². The van der Waals surface area contributed by atoms with Crippen LogP contribution in [0.1, 0.15) is 59.3 Å². The van der Waals surface area contributed by atoms with Gasteiger partial charge in [0.25, 0.3) is 0 Å². The van der Waals surface area contributed by atoms with Crippen LogP contribution in [0.2, 0.25) is 0 Å². The van der Waals surface area contributed by atoms with Crippen molar-refractivity contribution in [3.8, 4) is 0 Å². The molecule has 122 valence electrons. The molecule has 0 radical (unpaired) electrons. The molecule has 21 heavy (non-hydrogen) atoms. The minimum atomic E-state index is -0.417. The van der Waals surface area contributed by atoms with Gasteiger partial charge in [-0.15, -0.1) is 0 Å². The molecule has 1 heterocycles. The van der Waals surface area contributed by atoms with Gasteiger partial charge in [0.05, 0.1) is 0 Å². The van der Waals surface area contributed by atoms with Crippen LogP contribution in [0.5, 0.6) is 0 Å². The van der Waals surface area contributed by atoms with E-state index in [0.717, 1.165) is 38.8 Å². The molecule has 0 spiro atoms. The van der Waals surface area contributed by atoms with Crippen molar-refractivity contribution in [1.82, 2.24) is 10.6 Å². The van der Waals surface area contributed by atoms with E-state index in [2.05, 4.69) is 10.6 Å². The van der Waals surface area contributed by atoms with Crippen molar-refractivity contribution in [3.05, 3.63) is 0 Å². The van der Waals surface area contributed by atoms with Gasteiger partial charge in [0.15, 0.2) is 0 Å². The summed E-state index contributed by atoms with van der Waals surface area (Å²) in [5, 5.41) is 6.24. The van der Waals surface area contributed by atoms with E-state index in [4.69, 9.17) is 4.74 Å². The van der Waals surface area contributed by atoms with Gasteiger partial charge in [-0.2, -0.15) is 0 Å². The Hall–Kier alpha value is -1.10. The van der Waals surface area contributed by atoms with Crippen molar-refractivity contribution in [2.45, 2.75) is 64.9 Å². The molecule has 2 N–H and O–H groups in total. The first-order valence-electron chi connectivity index (χ1n) is 8.06. The number of esters is 1. The number of carbonyl (C=O) groups excluding carboxylic acids is 2. The molecule has 0 atom stereocenters. The predicted octanol–water partition coefficient (Wildman–Crippen LogP) is 2.00. The fourth-order valence-electron chi connectivity index (χ4n) is 2.43. The SMILES string of the molecule is CC(C)(C)OC(=O)CCCCNC(=O)CC1CCNCC1. The fourth-order valence-corrected chi connectivity index (χ4v) is 2.43. The molecule has 1 rings (SSSR count). The highest BCUT2D eigenvalue weighted by Crippen LogP contribution is 2.15. The largest absolute Gasteiger partial charge is 0.460 e. The molecule has 5 heteroatoms. The number of piperidine rings is 1. The summed E-state index contributed by atoms with van der Waals surface area (Å²) in [7, 11) is 0. The summed E-state index contributed by atoms with van der Waals surface area (Å²) in [6, 6.07) is 0. The van der Waals surface area contributed by atoms with Gasteiger partial charge in [0.2, 0.25) is 5.91 Å².